The minimum Gasteiger partial charge on any atom is -0.497 e. The number of ether oxygens (including phenoxy) is 2. The highest BCUT2D eigenvalue weighted by Gasteiger charge is 2.23. The van der Waals surface area contributed by atoms with E-state index in [1.807, 2.05) is 12.1 Å². The molecular formula is C22H22N2O6S. The minimum atomic E-state index is -0.518. The van der Waals surface area contributed by atoms with Crippen molar-refractivity contribution in [3.63, 3.8) is 0 Å². The zero-order valence-corrected chi connectivity index (χ0v) is 17.9. The third-order valence-electron chi connectivity index (χ3n) is 4.31. The van der Waals surface area contributed by atoms with Crippen LogP contribution < -0.4 is 15.4 Å². The largest absolute Gasteiger partial charge is 0.497 e. The molecule has 0 unspecified atom stereocenters. The van der Waals surface area contributed by atoms with E-state index in [0.717, 1.165) is 5.56 Å². The molecule has 0 spiro atoms. The van der Waals surface area contributed by atoms with Gasteiger partial charge in [0.25, 0.3) is 5.91 Å². The van der Waals surface area contributed by atoms with E-state index in [1.165, 1.54) is 23.7 Å². The molecule has 0 aliphatic rings. The number of carbonyl (C=O) groups is 3. The summed E-state index contributed by atoms with van der Waals surface area (Å²) < 4.78 is 15.4. The molecule has 8 nitrogen and oxygen atoms in total. The van der Waals surface area contributed by atoms with Crippen LogP contribution in [0.15, 0.2) is 52.5 Å². The Hall–Kier alpha value is -3.59. The highest BCUT2D eigenvalue weighted by Crippen LogP contribution is 2.36. The van der Waals surface area contributed by atoms with Crippen molar-refractivity contribution < 1.29 is 28.3 Å². The molecule has 0 fully saturated rings. The van der Waals surface area contributed by atoms with Gasteiger partial charge in [-0.1, -0.05) is 12.1 Å². The minimum absolute atomic E-state index is 0.0322. The molecule has 0 bridgehead atoms. The van der Waals surface area contributed by atoms with Crippen LogP contribution in [0.2, 0.25) is 0 Å². The number of anilines is 1. The van der Waals surface area contributed by atoms with Crippen LogP contribution in [0.1, 0.15) is 34.3 Å². The SMILES string of the molecule is CCOC(=O)c1c(-c2ccc(OC)cc2)csc1NC(=O)CCNC(=O)c1ccco1. The topological polar surface area (TPSA) is 107 Å². The number of rotatable bonds is 9. The van der Waals surface area contributed by atoms with Crippen molar-refractivity contribution in [3.05, 3.63) is 59.4 Å². The van der Waals surface area contributed by atoms with Gasteiger partial charge in [-0.3, -0.25) is 9.59 Å². The number of nitrogens with one attached hydrogen (secondary N) is 2. The average Bonchev–Trinajstić information content (AvgIpc) is 3.44. The maximum atomic E-state index is 12.6. The Morgan fingerprint density at radius 1 is 1.13 bits per heavy atom. The Kier molecular flexibility index (Phi) is 7.45. The molecule has 9 heteroatoms. The van der Waals surface area contributed by atoms with Crippen LogP contribution in [0.25, 0.3) is 11.1 Å². The van der Waals surface area contributed by atoms with Gasteiger partial charge in [0.15, 0.2) is 5.76 Å². The van der Waals surface area contributed by atoms with Gasteiger partial charge in [-0.05, 0) is 36.8 Å². The van der Waals surface area contributed by atoms with Gasteiger partial charge in [-0.15, -0.1) is 11.3 Å². The normalized spacial score (nSPS) is 10.4. The number of carbonyl (C=O) groups excluding carboxylic acids is 3. The zero-order chi connectivity index (χ0) is 22.2. The van der Waals surface area contributed by atoms with E-state index in [9.17, 15) is 14.4 Å². The Morgan fingerprint density at radius 3 is 2.55 bits per heavy atom. The Labute approximate surface area is 183 Å². The number of benzene rings is 1. The third-order valence-corrected chi connectivity index (χ3v) is 5.20. The van der Waals surface area contributed by atoms with E-state index in [-0.39, 0.29) is 31.2 Å². The standard InChI is InChI=1S/C22H22N2O6S/c1-3-29-22(27)19-16(14-6-8-15(28-2)9-7-14)13-31-21(19)24-18(25)10-11-23-20(26)17-5-4-12-30-17/h4-9,12-13H,3,10-11H2,1-2H3,(H,23,26)(H,24,25). The van der Waals surface area contributed by atoms with Crippen molar-refractivity contribution in [2.75, 3.05) is 25.6 Å². The van der Waals surface area contributed by atoms with E-state index < -0.39 is 11.9 Å². The predicted molar refractivity (Wildman–Crippen MR) is 117 cm³/mol. The Bertz CT molecular complexity index is 1040. The van der Waals surface area contributed by atoms with Gasteiger partial charge in [-0.25, -0.2) is 4.79 Å². The zero-order valence-electron chi connectivity index (χ0n) is 17.1. The molecule has 0 saturated carbocycles. The summed E-state index contributed by atoms with van der Waals surface area (Å²) in [6.07, 6.45) is 1.43. The monoisotopic (exact) mass is 442 g/mol. The van der Waals surface area contributed by atoms with Gasteiger partial charge in [0, 0.05) is 23.9 Å². The summed E-state index contributed by atoms with van der Waals surface area (Å²) in [5, 5.41) is 7.55. The fourth-order valence-corrected chi connectivity index (χ4v) is 3.79. The second-order valence-corrected chi connectivity index (χ2v) is 7.21. The lowest BCUT2D eigenvalue weighted by Crippen LogP contribution is -2.27. The smallest absolute Gasteiger partial charge is 0.341 e. The highest BCUT2D eigenvalue weighted by molar-refractivity contribution is 7.15. The van der Waals surface area contributed by atoms with Gasteiger partial charge in [-0.2, -0.15) is 0 Å². The van der Waals surface area contributed by atoms with Gasteiger partial charge in [0.1, 0.15) is 16.3 Å². The summed E-state index contributed by atoms with van der Waals surface area (Å²) in [5.74, 6) is -0.387. The molecule has 162 valence electrons. The van der Waals surface area contributed by atoms with Crippen molar-refractivity contribution in [1.29, 1.82) is 0 Å². The molecule has 31 heavy (non-hydrogen) atoms. The summed E-state index contributed by atoms with van der Waals surface area (Å²) in [5.41, 5.74) is 1.75. The molecule has 3 rings (SSSR count). The maximum absolute atomic E-state index is 12.6. The van der Waals surface area contributed by atoms with Crippen LogP contribution in [-0.2, 0) is 9.53 Å². The predicted octanol–water partition coefficient (Wildman–Crippen LogP) is 3.95. The molecule has 2 N–H and O–H groups in total. The first-order chi connectivity index (χ1) is 15.0. The lowest BCUT2D eigenvalue weighted by Gasteiger charge is -2.09. The number of furan rings is 1. The second-order valence-electron chi connectivity index (χ2n) is 6.33. The quantitative estimate of drug-likeness (QED) is 0.486. The number of hydrogen-bond donors (Lipinski definition) is 2. The molecule has 1 aromatic carbocycles. The highest BCUT2D eigenvalue weighted by atomic mass is 32.1. The lowest BCUT2D eigenvalue weighted by atomic mass is 10.0. The fourth-order valence-electron chi connectivity index (χ4n) is 2.81. The first-order valence-electron chi connectivity index (χ1n) is 9.58. The van der Waals surface area contributed by atoms with Crippen LogP contribution in [0.4, 0.5) is 5.00 Å². The van der Waals surface area contributed by atoms with Gasteiger partial charge >= 0.3 is 5.97 Å². The number of hydrogen-bond acceptors (Lipinski definition) is 7. The van der Waals surface area contributed by atoms with Crippen molar-refractivity contribution in [2.45, 2.75) is 13.3 Å². The second kappa shape index (κ2) is 10.4. The van der Waals surface area contributed by atoms with Crippen LogP contribution >= 0.6 is 11.3 Å². The molecule has 0 aliphatic carbocycles. The third kappa shape index (κ3) is 5.52. The lowest BCUT2D eigenvalue weighted by molar-refractivity contribution is -0.116. The number of esters is 1. The fraction of sp³-hybridized carbons (Fsp3) is 0.227. The molecule has 3 aromatic rings. The van der Waals surface area contributed by atoms with E-state index in [0.29, 0.717) is 21.9 Å². The van der Waals surface area contributed by atoms with E-state index in [4.69, 9.17) is 13.9 Å². The summed E-state index contributed by atoms with van der Waals surface area (Å²) in [7, 11) is 1.58. The number of amides is 2. The summed E-state index contributed by atoms with van der Waals surface area (Å²) in [6, 6.07) is 10.4. The average molecular weight is 442 g/mol. The van der Waals surface area contributed by atoms with Crippen LogP contribution in [0.3, 0.4) is 0 Å². The Balaban J connectivity index is 1.70. The van der Waals surface area contributed by atoms with Crippen molar-refractivity contribution in [2.24, 2.45) is 0 Å². The molecule has 2 amide bonds. The molecule has 2 aromatic heterocycles. The maximum Gasteiger partial charge on any atom is 0.341 e. The van der Waals surface area contributed by atoms with Crippen LogP contribution in [0, 0.1) is 0 Å². The molecule has 0 aliphatic heterocycles. The molecular weight excluding hydrogens is 420 g/mol. The first-order valence-corrected chi connectivity index (χ1v) is 10.5. The molecule has 0 saturated heterocycles. The van der Waals surface area contributed by atoms with Crippen LogP contribution in [0.5, 0.6) is 5.75 Å². The summed E-state index contributed by atoms with van der Waals surface area (Å²) in [4.78, 5) is 36.9. The summed E-state index contributed by atoms with van der Waals surface area (Å²) in [6.45, 7) is 2.05. The van der Waals surface area contributed by atoms with E-state index in [2.05, 4.69) is 10.6 Å². The number of thiophene rings is 1. The van der Waals surface area contributed by atoms with Crippen LogP contribution in [-0.4, -0.2) is 38.0 Å². The molecule has 0 radical (unpaired) electrons. The number of methoxy groups -OCH3 is 1. The molecule has 0 atom stereocenters. The Morgan fingerprint density at radius 2 is 1.90 bits per heavy atom. The molecule has 2 heterocycles. The van der Waals surface area contributed by atoms with Crippen molar-refractivity contribution >= 4 is 34.1 Å². The van der Waals surface area contributed by atoms with Crippen molar-refractivity contribution in [1.82, 2.24) is 5.32 Å². The van der Waals surface area contributed by atoms with Gasteiger partial charge < -0.3 is 24.5 Å². The summed E-state index contributed by atoms with van der Waals surface area (Å²) >= 11 is 1.23. The van der Waals surface area contributed by atoms with Crippen molar-refractivity contribution in [3.8, 4) is 16.9 Å². The van der Waals surface area contributed by atoms with Gasteiger partial charge in [0.2, 0.25) is 5.91 Å². The van der Waals surface area contributed by atoms with E-state index in [1.54, 1.807) is 37.6 Å². The first kappa shape index (κ1) is 22.1. The van der Waals surface area contributed by atoms with Gasteiger partial charge in [0.05, 0.1) is 20.0 Å². The van der Waals surface area contributed by atoms with E-state index >= 15 is 0 Å².